The van der Waals surface area contributed by atoms with Crippen molar-refractivity contribution in [2.75, 3.05) is 0 Å². The maximum Gasteiger partial charge on any atom is 0.426 e. The third-order valence-electron chi connectivity index (χ3n) is 4.03. The molecule has 3 heterocycles. The Balaban J connectivity index is 1.57. The number of thioether (sulfide) groups is 1. The molecule has 8 nitrogen and oxygen atoms in total. The van der Waals surface area contributed by atoms with Gasteiger partial charge in [-0.05, 0) is 30.7 Å². The van der Waals surface area contributed by atoms with Crippen LogP contribution in [0.2, 0.25) is 0 Å². The second kappa shape index (κ2) is 8.02. The number of fused-ring (bicyclic) bond motifs is 1. The molecule has 0 unspecified atom stereocenters. The molecule has 4 aromatic rings. The van der Waals surface area contributed by atoms with Crippen LogP contribution in [0.4, 0.5) is 10.5 Å². The first-order valence-electron chi connectivity index (χ1n) is 8.47. The van der Waals surface area contributed by atoms with E-state index in [9.17, 15) is 14.9 Å². The van der Waals surface area contributed by atoms with Crippen molar-refractivity contribution < 1.29 is 14.5 Å². The number of non-ortho nitro benzene ring substituents is 1. The predicted molar refractivity (Wildman–Crippen MR) is 111 cm³/mol. The number of carbonyl (C=O) groups excluding carboxylic acids is 1. The van der Waals surface area contributed by atoms with Crippen molar-refractivity contribution in [3.05, 3.63) is 74.7 Å². The van der Waals surface area contributed by atoms with Gasteiger partial charge in [0.05, 0.1) is 16.1 Å². The minimum atomic E-state index is -0.626. The van der Waals surface area contributed by atoms with Crippen LogP contribution in [0.5, 0.6) is 5.75 Å². The van der Waals surface area contributed by atoms with Crippen molar-refractivity contribution in [2.45, 2.75) is 17.8 Å². The summed E-state index contributed by atoms with van der Waals surface area (Å²) in [6.45, 7) is 1.97. The van der Waals surface area contributed by atoms with Gasteiger partial charge in [0.15, 0.2) is 5.16 Å². The Bertz CT molecular complexity index is 1180. The maximum absolute atomic E-state index is 12.8. The largest absolute Gasteiger partial charge is 0.426 e. The number of aryl methyl sites for hydroxylation is 1. The lowest BCUT2D eigenvalue weighted by Crippen LogP contribution is -2.17. The molecule has 3 aromatic heterocycles. The second-order valence-electron chi connectivity index (χ2n) is 6.11. The SMILES string of the molecule is Cc1ccc(CSc2nc3cscc3n2C(=O)Oc2ccc([N+](=O)[O-])cc2)nc1. The molecule has 0 saturated carbocycles. The molecular formula is C19H14N4O4S2. The standard InChI is InChI=1S/C19H14N4O4S2/c1-12-2-3-13(20-8-12)9-29-18-21-16-10-28-11-17(16)22(18)19(24)27-15-6-4-14(5-7-15)23(25)26/h2-8,10-11H,9H2,1H3. The summed E-state index contributed by atoms with van der Waals surface area (Å²) in [7, 11) is 0. The number of imidazole rings is 1. The molecule has 0 aliphatic rings. The van der Waals surface area contributed by atoms with Gasteiger partial charge in [0, 0.05) is 34.8 Å². The highest BCUT2D eigenvalue weighted by Crippen LogP contribution is 2.29. The highest BCUT2D eigenvalue weighted by atomic mass is 32.2. The van der Waals surface area contributed by atoms with Crippen LogP contribution >= 0.6 is 23.1 Å². The number of thiophene rings is 1. The Labute approximate surface area is 173 Å². The highest BCUT2D eigenvalue weighted by molar-refractivity contribution is 7.98. The van der Waals surface area contributed by atoms with Crippen LogP contribution < -0.4 is 4.74 Å². The number of hydrogen-bond donors (Lipinski definition) is 0. The van der Waals surface area contributed by atoms with Crippen molar-refractivity contribution in [1.29, 1.82) is 0 Å². The van der Waals surface area contributed by atoms with Gasteiger partial charge in [-0.1, -0.05) is 17.8 Å². The summed E-state index contributed by atoms with van der Waals surface area (Å²) >= 11 is 2.83. The van der Waals surface area contributed by atoms with E-state index in [1.54, 1.807) is 6.20 Å². The van der Waals surface area contributed by atoms with Gasteiger partial charge in [-0.2, -0.15) is 0 Å². The zero-order chi connectivity index (χ0) is 20.4. The first-order valence-corrected chi connectivity index (χ1v) is 10.4. The average Bonchev–Trinajstić information content (AvgIpc) is 3.28. The molecule has 0 N–H and O–H groups in total. The fraction of sp³-hybridized carbons (Fsp3) is 0.105. The van der Waals surface area contributed by atoms with Gasteiger partial charge < -0.3 is 4.74 Å². The third kappa shape index (κ3) is 4.13. The molecule has 0 radical (unpaired) electrons. The number of aromatic nitrogens is 3. The maximum atomic E-state index is 12.8. The Hall–Kier alpha value is -3.24. The Kier molecular flexibility index (Phi) is 5.28. The molecule has 0 bridgehead atoms. The van der Waals surface area contributed by atoms with Crippen molar-refractivity contribution in [3.63, 3.8) is 0 Å². The summed E-state index contributed by atoms with van der Waals surface area (Å²) in [5.74, 6) is 0.766. The van der Waals surface area contributed by atoms with Crippen LogP contribution in [0.15, 0.2) is 58.5 Å². The predicted octanol–water partition coefficient (Wildman–Crippen LogP) is 5.05. The number of hydrogen-bond acceptors (Lipinski definition) is 8. The minimum absolute atomic E-state index is 0.0745. The fourth-order valence-electron chi connectivity index (χ4n) is 2.57. The summed E-state index contributed by atoms with van der Waals surface area (Å²) in [4.78, 5) is 32.0. The minimum Gasteiger partial charge on any atom is -0.410 e. The average molecular weight is 426 g/mol. The number of pyridine rings is 1. The molecule has 0 aliphatic carbocycles. The molecule has 0 spiro atoms. The Morgan fingerprint density at radius 3 is 2.72 bits per heavy atom. The molecule has 146 valence electrons. The molecule has 0 fully saturated rings. The molecule has 0 amide bonds. The quantitative estimate of drug-likeness (QED) is 0.250. The van der Waals surface area contributed by atoms with Crippen molar-refractivity contribution in [3.8, 4) is 5.75 Å². The van der Waals surface area contributed by atoms with Gasteiger partial charge in [0.1, 0.15) is 11.3 Å². The number of carbonyl (C=O) groups is 1. The molecule has 0 aliphatic heterocycles. The van der Waals surface area contributed by atoms with Crippen molar-refractivity contribution >= 4 is 45.9 Å². The van der Waals surface area contributed by atoms with E-state index < -0.39 is 11.0 Å². The van der Waals surface area contributed by atoms with Gasteiger partial charge in [-0.25, -0.2) is 14.3 Å². The lowest BCUT2D eigenvalue weighted by atomic mass is 10.3. The smallest absolute Gasteiger partial charge is 0.410 e. The van der Waals surface area contributed by atoms with Crippen LogP contribution in [0, 0.1) is 17.0 Å². The number of benzene rings is 1. The van der Waals surface area contributed by atoms with E-state index in [2.05, 4.69) is 9.97 Å². The summed E-state index contributed by atoms with van der Waals surface area (Å²) in [6, 6.07) is 9.27. The lowest BCUT2D eigenvalue weighted by Gasteiger charge is -2.08. The van der Waals surface area contributed by atoms with Crippen molar-refractivity contribution in [1.82, 2.24) is 14.5 Å². The monoisotopic (exact) mass is 426 g/mol. The van der Waals surface area contributed by atoms with Gasteiger partial charge in [-0.3, -0.25) is 15.1 Å². The summed E-state index contributed by atoms with van der Waals surface area (Å²) in [5.41, 5.74) is 3.24. The zero-order valence-corrected chi connectivity index (χ0v) is 16.8. The molecule has 0 atom stereocenters. The molecule has 1 aromatic carbocycles. The van der Waals surface area contributed by atoms with Crippen LogP contribution in [0.3, 0.4) is 0 Å². The Morgan fingerprint density at radius 2 is 2.03 bits per heavy atom. The molecule has 0 saturated heterocycles. The van der Waals surface area contributed by atoms with E-state index in [4.69, 9.17) is 4.74 Å². The highest BCUT2D eigenvalue weighted by Gasteiger charge is 2.20. The van der Waals surface area contributed by atoms with E-state index in [-0.39, 0.29) is 11.4 Å². The summed E-state index contributed by atoms with van der Waals surface area (Å²) < 4.78 is 6.83. The van der Waals surface area contributed by atoms with E-state index in [1.165, 1.54) is 51.9 Å². The zero-order valence-electron chi connectivity index (χ0n) is 15.1. The number of nitrogens with zero attached hydrogens (tertiary/aromatic N) is 4. The molecule has 4 rings (SSSR count). The molecular weight excluding hydrogens is 412 g/mol. The number of ether oxygens (including phenoxy) is 1. The lowest BCUT2D eigenvalue weighted by molar-refractivity contribution is -0.384. The first-order chi connectivity index (χ1) is 14.0. The third-order valence-corrected chi connectivity index (χ3v) is 5.72. The first kappa shape index (κ1) is 19.1. The van der Waals surface area contributed by atoms with Gasteiger partial charge in [0.2, 0.25) is 0 Å². The number of rotatable bonds is 5. The van der Waals surface area contributed by atoms with Crippen LogP contribution in [-0.4, -0.2) is 25.6 Å². The number of nitro groups is 1. The van der Waals surface area contributed by atoms with E-state index >= 15 is 0 Å². The van der Waals surface area contributed by atoms with Gasteiger partial charge >= 0.3 is 6.09 Å². The van der Waals surface area contributed by atoms with E-state index in [0.717, 1.165) is 11.3 Å². The molecule has 10 heteroatoms. The summed E-state index contributed by atoms with van der Waals surface area (Å²) in [5, 5.41) is 15.0. The fourth-order valence-corrected chi connectivity index (χ4v) is 4.21. The van der Waals surface area contributed by atoms with Crippen LogP contribution in [0.25, 0.3) is 11.0 Å². The van der Waals surface area contributed by atoms with Crippen LogP contribution in [-0.2, 0) is 5.75 Å². The second-order valence-corrected chi connectivity index (χ2v) is 7.79. The molecule has 29 heavy (non-hydrogen) atoms. The van der Waals surface area contributed by atoms with Crippen LogP contribution in [0.1, 0.15) is 11.3 Å². The summed E-state index contributed by atoms with van der Waals surface area (Å²) in [6.07, 6.45) is 1.17. The van der Waals surface area contributed by atoms with Gasteiger partial charge in [-0.15, -0.1) is 11.3 Å². The Morgan fingerprint density at radius 1 is 1.24 bits per heavy atom. The van der Waals surface area contributed by atoms with E-state index in [1.807, 2.05) is 29.8 Å². The van der Waals surface area contributed by atoms with E-state index in [0.29, 0.717) is 21.9 Å². The number of nitro benzene ring substituents is 1. The normalized spacial score (nSPS) is 10.9. The van der Waals surface area contributed by atoms with Crippen molar-refractivity contribution in [2.24, 2.45) is 0 Å². The topological polar surface area (TPSA) is 100 Å². The van der Waals surface area contributed by atoms with Gasteiger partial charge in [0.25, 0.3) is 5.69 Å².